The first-order valence-electron chi connectivity index (χ1n) is 7.05. The molecule has 3 heteroatoms. The number of aliphatic hydroxyl groups is 1. The van der Waals surface area contributed by atoms with E-state index in [1.54, 1.807) is 7.11 Å². The summed E-state index contributed by atoms with van der Waals surface area (Å²) in [5.41, 5.74) is 0.948. The van der Waals surface area contributed by atoms with Crippen LogP contribution in [0.3, 0.4) is 0 Å². The van der Waals surface area contributed by atoms with Crippen molar-refractivity contribution < 1.29 is 9.84 Å². The van der Waals surface area contributed by atoms with E-state index in [-0.39, 0.29) is 6.04 Å². The third-order valence-corrected chi connectivity index (χ3v) is 4.41. The van der Waals surface area contributed by atoms with Gasteiger partial charge in [-0.2, -0.15) is 0 Å². The number of aliphatic hydroxyl groups excluding tert-OH is 1. The van der Waals surface area contributed by atoms with Gasteiger partial charge in [-0.3, -0.25) is 0 Å². The second-order valence-electron chi connectivity index (χ2n) is 5.87. The fourth-order valence-corrected chi connectivity index (χ4v) is 2.51. The van der Waals surface area contributed by atoms with Gasteiger partial charge < -0.3 is 14.7 Å². The zero-order valence-corrected chi connectivity index (χ0v) is 12.3. The van der Waals surface area contributed by atoms with Crippen LogP contribution >= 0.6 is 0 Å². The van der Waals surface area contributed by atoms with Crippen LogP contribution in [0.25, 0.3) is 0 Å². The van der Waals surface area contributed by atoms with Crippen LogP contribution in [-0.4, -0.2) is 36.8 Å². The van der Waals surface area contributed by atoms with Crippen LogP contribution in [0.2, 0.25) is 0 Å². The first-order chi connectivity index (χ1) is 9.02. The van der Waals surface area contributed by atoms with Gasteiger partial charge in [-0.15, -0.1) is 0 Å². The standard InChI is InChI=1S/C16H25NO2/c1-11-9-14(11)10-17(3)12(2)16(18)13-5-7-15(19-4)8-6-13/h5-8,11-12,14,16,18H,9-10H2,1-4H3. The minimum Gasteiger partial charge on any atom is -0.497 e. The summed E-state index contributed by atoms with van der Waals surface area (Å²) in [6.07, 6.45) is 0.875. The Kier molecular flexibility index (Phi) is 4.48. The molecule has 0 bridgehead atoms. The zero-order chi connectivity index (χ0) is 14.0. The summed E-state index contributed by atoms with van der Waals surface area (Å²) in [6.45, 7) is 5.46. The molecule has 1 N–H and O–H groups in total. The molecule has 1 fully saturated rings. The van der Waals surface area contributed by atoms with Crippen LogP contribution < -0.4 is 4.74 Å². The summed E-state index contributed by atoms with van der Waals surface area (Å²) in [5.74, 6) is 2.49. The molecule has 1 aliphatic carbocycles. The van der Waals surface area contributed by atoms with Gasteiger partial charge in [-0.05, 0) is 49.9 Å². The topological polar surface area (TPSA) is 32.7 Å². The Bertz CT molecular complexity index is 404. The van der Waals surface area contributed by atoms with Crippen molar-refractivity contribution in [2.75, 3.05) is 20.7 Å². The highest BCUT2D eigenvalue weighted by atomic mass is 16.5. The first-order valence-corrected chi connectivity index (χ1v) is 7.05. The maximum Gasteiger partial charge on any atom is 0.118 e. The van der Waals surface area contributed by atoms with Crippen molar-refractivity contribution in [2.24, 2.45) is 11.8 Å². The van der Waals surface area contributed by atoms with Gasteiger partial charge in [0.15, 0.2) is 0 Å². The second kappa shape index (κ2) is 5.93. The fourth-order valence-electron chi connectivity index (χ4n) is 2.51. The van der Waals surface area contributed by atoms with E-state index in [4.69, 9.17) is 4.74 Å². The van der Waals surface area contributed by atoms with Crippen LogP contribution in [0, 0.1) is 11.8 Å². The lowest BCUT2D eigenvalue weighted by atomic mass is 10.0. The fraction of sp³-hybridized carbons (Fsp3) is 0.625. The molecule has 3 nitrogen and oxygen atoms in total. The predicted octanol–water partition coefficient (Wildman–Crippen LogP) is 2.70. The molecule has 2 rings (SSSR count). The Labute approximate surface area is 116 Å². The van der Waals surface area contributed by atoms with Gasteiger partial charge in [0.05, 0.1) is 13.2 Å². The van der Waals surface area contributed by atoms with Crippen molar-refractivity contribution >= 4 is 0 Å². The van der Waals surface area contributed by atoms with E-state index >= 15 is 0 Å². The molecular formula is C16H25NO2. The van der Waals surface area contributed by atoms with Crippen LogP contribution in [0.1, 0.15) is 31.9 Å². The zero-order valence-electron chi connectivity index (χ0n) is 12.3. The maximum atomic E-state index is 10.4. The minimum absolute atomic E-state index is 0.126. The lowest BCUT2D eigenvalue weighted by Gasteiger charge is -2.29. The number of hydrogen-bond donors (Lipinski definition) is 1. The third-order valence-electron chi connectivity index (χ3n) is 4.41. The molecule has 1 aromatic rings. The van der Waals surface area contributed by atoms with Gasteiger partial charge in [0, 0.05) is 12.6 Å². The molecule has 0 spiro atoms. The Morgan fingerprint density at radius 2 is 1.95 bits per heavy atom. The van der Waals surface area contributed by atoms with Crippen molar-refractivity contribution in [3.63, 3.8) is 0 Å². The number of rotatable bonds is 6. The molecule has 19 heavy (non-hydrogen) atoms. The number of hydrogen-bond acceptors (Lipinski definition) is 3. The molecule has 0 amide bonds. The molecule has 0 aliphatic heterocycles. The monoisotopic (exact) mass is 263 g/mol. The molecule has 1 aromatic carbocycles. The lowest BCUT2D eigenvalue weighted by molar-refractivity contribution is 0.0696. The average molecular weight is 263 g/mol. The van der Waals surface area contributed by atoms with E-state index in [1.807, 2.05) is 24.3 Å². The SMILES string of the molecule is COc1ccc(C(O)C(C)N(C)CC2CC2C)cc1. The van der Waals surface area contributed by atoms with Gasteiger partial charge in [-0.1, -0.05) is 19.1 Å². The number of benzene rings is 1. The van der Waals surface area contributed by atoms with E-state index in [0.29, 0.717) is 0 Å². The Hall–Kier alpha value is -1.06. The molecule has 1 saturated carbocycles. The van der Waals surface area contributed by atoms with Gasteiger partial charge in [0.25, 0.3) is 0 Å². The van der Waals surface area contributed by atoms with Gasteiger partial charge in [0.2, 0.25) is 0 Å². The summed E-state index contributed by atoms with van der Waals surface area (Å²) in [4.78, 5) is 2.27. The lowest BCUT2D eigenvalue weighted by Crippen LogP contribution is -2.36. The predicted molar refractivity (Wildman–Crippen MR) is 77.3 cm³/mol. The van der Waals surface area contributed by atoms with Crippen LogP contribution in [0.5, 0.6) is 5.75 Å². The van der Waals surface area contributed by atoms with E-state index < -0.39 is 6.10 Å². The quantitative estimate of drug-likeness (QED) is 0.856. The van der Waals surface area contributed by atoms with E-state index in [9.17, 15) is 5.11 Å². The van der Waals surface area contributed by atoms with Crippen molar-refractivity contribution in [3.8, 4) is 5.75 Å². The minimum atomic E-state index is -0.454. The highest BCUT2D eigenvalue weighted by molar-refractivity contribution is 5.29. The second-order valence-corrected chi connectivity index (χ2v) is 5.87. The smallest absolute Gasteiger partial charge is 0.118 e. The van der Waals surface area contributed by atoms with Crippen LogP contribution in [0.15, 0.2) is 24.3 Å². The normalized spacial score (nSPS) is 25.2. The molecule has 0 saturated heterocycles. The summed E-state index contributed by atoms with van der Waals surface area (Å²) in [6, 6.07) is 7.80. The summed E-state index contributed by atoms with van der Waals surface area (Å²) >= 11 is 0. The Morgan fingerprint density at radius 1 is 1.37 bits per heavy atom. The van der Waals surface area contributed by atoms with Crippen LogP contribution in [-0.2, 0) is 0 Å². The third kappa shape index (κ3) is 3.48. The van der Waals surface area contributed by atoms with Gasteiger partial charge in [-0.25, -0.2) is 0 Å². The largest absolute Gasteiger partial charge is 0.497 e. The molecule has 0 radical (unpaired) electrons. The van der Waals surface area contributed by atoms with Crippen molar-refractivity contribution in [1.82, 2.24) is 4.90 Å². The van der Waals surface area contributed by atoms with Crippen molar-refractivity contribution in [2.45, 2.75) is 32.4 Å². The number of likely N-dealkylation sites (N-methyl/N-ethyl adjacent to an activating group) is 1. The summed E-state index contributed by atoms with van der Waals surface area (Å²) in [7, 11) is 3.75. The van der Waals surface area contributed by atoms with Crippen LogP contribution in [0.4, 0.5) is 0 Å². The maximum absolute atomic E-state index is 10.4. The van der Waals surface area contributed by atoms with Crippen molar-refractivity contribution in [1.29, 1.82) is 0 Å². The van der Waals surface area contributed by atoms with Crippen molar-refractivity contribution in [3.05, 3.63) is 29.8 Å². The summed E-state index contributed by atoms with van der Waals surface area (Å²) < 4.78 is 5.14. The molecule has 4 atom stereocenters. The van der Waals surface area contributed by atoms with E-state index in [2.05, 4.69) is 25.8 Å². The molecule has 0 heterocycles. The first kappa shape index (κ1) is 14.4. The highest BCUT2D eigenvalue weighted by Gasteiger charge is 2.34. The molecular weight excluding hydrogens is 238 g/mol. The number of nitrogens with zero attached hydrogens (tertiary/aromatic N) is 1. The molecule has 4 unspecified atom stereocenters. The molecule has 0 aromatic heterocycles. The highest BCUT2D eigenvalue weighted by Crippen LogP contribution is 2.38. The molecule has 106 valence electrons. The van der Waals surface area contributed by atoms with E-state index in [1.165, 1.54) is 6.42 Å². The van der Waals surface area contributed by atoms with E-state index in [0.717, 1.165) is 29.7 Å². The van der Waals surface area contributed by atoms with Gasteiger partial charge >= 0.3 is 0 Å². The Morgan fingerprint density at radius 3 is 2.42 bits per heavy atom. The number of ether oxygens (including phenoxy) is 1. The molecule has 1 aliphatic rings. The Balaban J connectivity index is 1.94. The van der Waals surface area contributed by atoms with Gasteiger partial charge in [0.1, 0.15) is 5.75 Å². The average Bonchev–Trinajstić information content (AvgIpc) is 3.12. The number of methoxy groups -OCH3 is 1. The summed E-state index contributed by atoms with van der Waals surface area (Å²) in [5, 5.41) is 10.4.